The second kappa shape index (κ2) is 8.26. The van der Waals surface area contributed by atoms with Gasteiger partial charge in [-0.25, -0.2) is 0 Å². The molecule has 26 heavy (non-hydrogen) atoms. The molecule has 0 saturated carbocycles. The highest BCUT2D eigenvalue weighted by Crippen LogP contribution is 2.36. The average molecular weight is 352 g/mol. The molecule has 138 valence electrons. The molecule has 1 atom stereocenters. The quantitative estimate of drug-likeness (QED) is 0.755. The standard InChI is InChI=1S/C22H28N2O2/c1-4-14-24-21(23-19-11-7-5-9-17(19)22(24)25)18-10-6-8-12-20(18)26-15-13-16(2)3/h5-12,16,21,23H,4,13-15H2,1-3H3. The van der Waals surface area contributed by atoms with Crippen LogP contribution in [-0.4, -0.2) is 24.0 Å². The zero-order valence-corrected chi connectivity index (χ0v) is 15.9. The van der Waals surface area contributed by atoms with Gasteiger partial charge in [-0.3, -0.25) is 4.79 Å². The van der Waals surface area contributed by atoms with Gasteiger partial charge in [0.1, 0.15) is 11.9 Å². The van der Waals surface area contributed by atoms with Crippen LogP contribution in [0, 0.1) is 5.92 Å². The summed E-state index contributed by atoms with van der Waals surface area (Å²) in [5.74, 6) is 1.52. The molecule has 0 bridgehead atoms. The van der Waals surface area contributed by atoms with Crippen LogP contribution in [0.1, 0.15) is 55.7 Å². The summed E-state index contributed by atoms with van der Waals surface area (Å²) in [4.78, 5) is 15.0. The summed E-state index contributed by atoms with van der Waals surface area (Å²) >= 11 is 0. The molecule has 1 aliphatic rings. The molecule has 1 amide bonds. The predicted octanol–water partition coefficient (Wildman–Crippen LogP) is 5.09. The third-order valence-corrected chi connectivity index (χ3v) is 4.65. The van der Waals surface area contributed by atoms with Crippen LogP contribution in [0.3, 0.4) is 0 Å². The summed E-state index contributed by atoms with van der Waals surface area (Å²) in [5.41, 5.74) is 2.62. The molecular formula is C22H28N2O2. The van der Waals surface area contributed by atoms with Gasteiger partial charge in [-0.15, -0.1) is 0 Å². The number of amides is 1. The van der Waals surface area contributed by atoms with E-state index in [4.69, 9.17) is 4.74 Å². The van der Waals surface area contributed by atoms with Gasteiger partial charge in [0.25, 0.3) is 5.91 Å². The van der Waals surface area contributed by atoms with Crippen molar-refractivity contribution in [1.82, 2.24) is 4.90 Å². The van der Waals surface area contributed by atoms with Gasteiger partial charge in [0.05, 0.1) is 12.2 Å². The second-order valence-corrected chi connectivity index (χ2v) is 7.16. The molecule has 0 aliphatic carbocycles. The summed E-state index contributed by atoms with van der Waals surface area (Å²) in [5, 5.41) is 3.54. The van der Waals surface area contributed by atoms with Crippen LogP contribution in [0.5, 0.6) is 5.75 Å². The van der Waals surface area contributed by atoms with Crippen molar-refractivity contribution in [2.45, 2.75) is 39.8 Å². The molecule has 0 aromatic heterocycles. The van der Waals surface area contributed by atoms with Crippen LogP contribution in [0.15, 0.2) is 48.5 Å². The Balaban J connectivity index is 1.93. The largest absolute Gasteiger partial charge is 0.493 e. The zero-order valence-electron chi connectivity index (χ0n) is 15.9. The summed E-state index contributed by atoms with van der Waals surface area (Å²) in [6.07, 6.45) is 1.70. The fourth-order valence-electron chi connectivity index (χ4n) is 3.25. The lowest BCUT2D eigenvalue weighted by atomic mass is 10.0. The molecule has 1 aliphatic heterocycles. The Morgan fingerprint density at radius 2 is 1.85 bits per heavy atom. The minimum absolute atomic E-state index is 0.0724. The minimum atomic E-state index is -0.215. The monoisotopic (exact) mass is 352 g/mol. The van der Waals surface area contributed by atoms with Crippen molar-refractivity contribution in [2.24, 2.45) is 5.92 Å². The van der Waals surface area contributed by atoms with Gasteiger partial charge in [0.2, 0.25) is 0 Å². The molecule has 4 heteroatoms. The Morgan fingerprint density at radius 1 is 1.12 bits per heavy atom. The topological polar surface area (TPSA) is 41.6 Å². The number of ether oxygens (including phenoxy) is 1. The molecule has 2 aromatic carbocycles. The number of benzene rings is 2. The van der Waals surface area contributed by atoms with Gasteiger partial charge in [0, 0.05) is 17.8 Å². The number of nitrogens with zero attached hydrogens (tertiary/aromatic N) is 1. The first-order chi connectivity index (χ1) is 12.6. The molecule has 0 spiro atoms. The van der Waals surface area contributed by atoms with E-state index in [0.29, 0.717) is 19.1 Å². The van der Waals surface area contributed by atoms with Crippen LogP contribution in [0.4, 0.5) is 5.69 Å². The number of hydrogen-bond donors (Lipinski definition) is 1. The van der Waals surface area contributed by atoms with E-state index in [1.807, 2.05) is 53.4 Å². The van der Waals surface area contributed by atoms with Crippen molar-refractivity contribution in [2.75, 3.05) is 18.5 Å². The number of para-hydroxylation sites is 2. The summed E-state index contributed by atoms with van der Waals surface area (Å²) in [6.45, 7) is 7.86. The van der Waals surface area contributed by atoms with Gasteiger partial charge < -0.3 is 15.0 Å². The first-order valence-electron chi connectivity index (χ1n) is 9.50. The van der Waals surface area contributed by atoms with E-state index >= 15 is 0 Å². The molecule has 0 saturated heterocycles. The normalized spacial score (nSPS) is 16.4. The van der Waals surface area contributed by atoms with E-state index in [1.54, 1.807) is 0 Å². The van der Waals surface area contributed by atoms with Gasteiger partial charge in [-0.2, -0.15) is 0 Å². The van der Waals surface area contributed by atoms with Gasteiger partial charge >= 0.3 is 0 Å². The maximum atomic E-state index is 13.1. The first kappa shape index (κ1) is 18.3. The number of fused-ring (bicyclic) bond motifs is 1. The summed E-state index contributed by atoms with van der Waals surface area (Å²) < 4.78 is 6.07. The van der Waals surface area contributed by atoms with Crippen LogP contribution >= 0.6 is 0 Å². The van der Waals surface area contributed by atoms with Gasteiger partial charge in [-0.1, -0.05) is 51.1 Å². The van der Waals surface area contributed by atoms with E-state index < -0.39 is 0 Å². The Labute approximate surface area is 156 Å². The van der Waals surface area contributed by atoms with Crippen molar-refractivity contribution in [3.8, 4) is 5.75 Å². The Hall–Kier alpha value is -2.49. The fourth-order valence-corrected chi connectivity index (χ4v) is 3.25. The Bertz CT molecular complexity index is 757. The van der Waals surface area contributed by atoms with Gasteiger partial charge in [-0.05, 0) is 37.0 Å². The van der Waals surface area contributed by atoms with Crippen LogP contribution in [-0.2, 0) is 0 Å². The van der Waals surface area contributed by atoms with Crippen molar-refractivity contribution < 1.29 is 9.53 Å². The summed E-state index contributed by atoms with van der Waals surface area (Å²) in [6, 6.07) is 15.7. The third kappa shape index (κ3) is 3.85. The molecule has 2 aromatic rings. The van der Waals surface area contributed by atoms with Crippen molar-refractivity contribution >= 4 is 11.6 Å². The molecule has 3 rings (SSSR count). The van der Waals surface area contributed by atoms with Crippen LogP contribution in [0.2, 0.25) is 0 Å². The average Bonchev–Trinajstić information content (AvgIpc) is 2.64. The number of hydrogen-bond acceptors (Lipinski definition) is 3. The van der Waals surface area contributed by atoms with E-state index in [-0.39, 0.29) is 12.1 Å². The van der Waals surface area contributed by atoms with E-state index in [2.05, 4.69) is 26.1 Å². The molecule has 0 fully saturated rings. The Kier molecular flexibility index (Phi) is 5.82. The van der Waals surface area contributed by atoms with Crippen LogP contribution < -0.4 is 10.1 Å². The van der Waals surface area contributed by atoms with E-state index in [9.17, 15) is 4.79 Å². The summed E-state index contributed by atoms with van der Waals surface area (Å²) in [7, 11) is 0. The van der Waals surface area contributed by atoms with Crippen molar-refractivity contribution in [3.63, 3.8) is 0 Å². The highest BCUT2D eigenvalue weighted by atomic mass is 16.5. The lowest BCUT2D eigenvalue weighted by molar-refractivity contribution is 0.0680. The second-order valence-electron chi connectivity index (χ2n) is 7.16. The zero-order chi connectivity index (χ0) is 18.5. The van der Waals surface area contributed by atoms with Gasteiger partial charge in [0.15, 0.2) is 0 Å². The van der Waals surface area contributed by atoms with Crippen molar-refractivity contribution in [1.29, 1.82) is 0 Å². The maximum absolute atomic E-state index is 13.1. The lowest BCUT2D eigenvalue weighted by Crippen LogP contribution is -2.43. The number of nitrogens with one attached hydrogen (secondary N) is 1. The molecule has 0 radical (unpaired) electrons. The first-order valence-corrected chi connectivity index (χ1v) is 9.50. The maximum Gasteiger partial charge on any atom is 0.257 e. The fraction of sp³-hybridized carbons (Fsp3) is 0.409. The number of rotatable bonds is 7. The van der Waals surface area contributed by atoms with E-state index in [1.165, 1.54) is 0 Å². The Morgan fingerprint density at radius 3 is 2.62 bits per heavy atom. The number of carbonyl (C=O) groups is 1. The highest BCUT2D eigenvalue weighted by molar-refractivity contribution is 6.01. The SMILES string of the molecule is CCCN1C(=O)c2ccccc2NC1c1ccccc1OCCC(C)C. The highest BCUT2D eigenvalue weighted by Gasteiger charge is 2.33. The molecule has 1 N–H and O–H groups in total. The lowest BCUT2D eigenvalue weighted by Gasteiger charge is -2.38. The molecule has 4 nitrogen and oxygen atoms in total. The molecule has 1 unspecified atom stereocenters. The van der Waals surface area contributed by atoms with Crippen molar-refractivity contribution in [3.05, 3.63) is 59.7 Å². The predicted molar refractivity (Wildman–Crippen MR) is 106 cm³/mol. The minimum Gasteiger partial charge on any atom is -0.493 e. The molecule has 1 heterocycles. The molecular weight excluding hydrogens is 324 g/mol. The number of anilines is 1. The third-order valence-electron chi connectivity index (χ3n) is 4.65. The van der Waals surface area contributed by atoms with Crippen LogP contribution in [0.25, 0.3) is 0 Å². The smallest absolute Gasteiger partial charge is 0.257 e. The van der Waals surface area contributed by atoms with E-state index in [0.717, 1.165) is 35.4 Å². The number of carbonyl (C=O) groups excluding carboxylic acids is 1.